The van der Waals surface area contributed by atoms with Gasteiger partial charge in [0.05, 0.1) is 0 Å². The molecule has 286 valence electrons. The van der Waals surface area contributed by atoms with Crippen LogP contribution in [0.3, 0.4) is 0 Å². The molecule has 10 nitrogen and oxygen atoms in total. The molecule has 0 fully saturated rings. The molecule has 2 heterocycles. The fraction of sp³-hybridized carbons (Fsp3) is 0.571. The Labute approximate surface area is 310 Å². The van der Waals surface area contributed by atoms with Crippen molar-refractivity contribution in [1.82, 2.24) is 0 Å². The van der Waals surface area contributed by atoms with Gasteiger partial charge in [-0.3, -0.25) is 0 Å². The van der Waals surface area contributed by atoms with E-state index in [0.717, 1.165) is 24.3 Å². The van der Waals surface area contributed by atoms with Gasteiger partial charge in [-0.2, -0.15) is 0 Å². The molecule has 6 N–H and O–H groups in total. The predicted octanol–water partition coefficient (Wildman–Crippen LogP) is 9.41. The largest absolute Gasteiger partial charge is 0.483 e. The van der Waals surface area contributed by atoms with Crippen molar-refractivity contribution in [1.29, 1.82) is 0 Å². The Morgan fingerprint density at radius 1 is 0.635 bits per heavy atom. The van der Waals surface area contributed by atoms with Crippen molar-refractivity contribution in [3.8, 4) is 23.0 Å². The molecule has 3 aliphatic carbocycles. The van der Waals surface area contributed by atoms with Crippen LogP contribution in [0.1, 0.15) is 139 Å². The molecular weight excluding hydrogens is 656 g/mol. The first-order valence-electron chi connectivity index (χ1n) is 18.9. The Balaban J connectivity index is 0.000000960. The fourth-order valence-corrected chi connectivity index (χ4v) is 8.77. The minimum Gasteiger partial charge on any atom is -0.483 e. The number of benzene rings is 2. The van der Waals surface area contributed by atoms with Crippen LogP contribution in [0.5, 0.6) is 23.0 Å². The molecular formula is C42H62N4O6. The van der Waals surface area contributed by atoms with Gasteiger partial charge in [-0.25, -0.2) is 0 Å². The van der Waals surface area contributed by atoms with Crippen LogP contribution in [0.25, 0.3) is 0 Å². The van der Waals surface area contributed by atoms with Gasteiger partial charge in [0.2, 0.25) is 0 Å². The van der Waals surface area contributed by atoms with Crippen LogP contribution in [0.4, 0.5) is 0 Å². The molecule has 5 aliphatic rings. The second-order valence-electron chi connectivity index (χ2n) is 15.5. The van der Waals surface area contributed by atoms with Gasteiger partial charge in [-0.05, 0) is 105 Å². The first kappa shape index (κ1) is 40.4. The molecule has 2 aromatic rings. The zero-order valence-corrected chi connectivity index (χ0v) is 34.0. The van der Waals surface area contributed by atoms with Crippen LogP contribution in [0.2, 0.25) is 0 Å². The molecule has 2 aromatic carbocycles. The summed E-state index contributed by atoms with van der Waals surface area (Å²) in [5.41, 5.74) is 15.2. The lowest BCUT2D eigenvalue weighted by molar-refractivity contribution is 0.0427. The predicted molar refractivity (Wildman–Crippen MR) is 208 cm³/mol. The van der Waals surface area contributed by atoms with Gasteiger partial charge in [-0.15, -0.1) is 0 Å². The van der Waals surface area contributed by atoms with Gasteiger partial charge in [0, 0.05) is 5.41 Å². The molecule has 0 bridgehead atoms. The lowest BCUT2D eigenvalue weighted by atomic mass is 9.67. The Morgan fingerprint density at radius 2 is 1.02 bits per heavy atom. The monoisotopic (exact) mass is 718 g/mol. The number of nitrogens with zero attached hydrogens (tertiary/aromatic N) is 2. The van der Waals surface area contributed by atoms with E-state index < -0.39 is 10.8 Å². The number of ether oxygens (including phenoxy) is 4. The maximum absolute atomic E-state index is 9.83. The molecule has 2 aliphatic heterocycles. The van der Waals surface area contributed by atoms with Crippen LogP contribution in [-0.4, -0.2) is 34.3 Å². The van der Waals surface area contributed by atoms with E-state index in [2.05, 4.69) is 62.3 Å². The quantitative estimate of drug-likeness (QED) is 0.0787. The van der Waals surface area contributed by atoms with E-state index in [1.807, 2.05) is 75.3 Å². The number of nitrogens with two attached hydrogens (primary N) is 2. The van der Waals surface area contributed by atoms with E-state index in [0.29, 0.717) is 28.6 Å². The topological polar surface area (TPSA) is 154 Å². The van der Waals surface area contributed by atoms with Crippen LogP contribution in [0.15, 0.2) is 57.7 Å². The van der Waals surface area contributed by atoms with E-state index in [9.17, 15) is 10.4 Å². The Bertz CT molecular complexity index is 1840. The van der Waals surface area contributed by atoms with Crippen LogP contribution in [0, 0.1) is 10.8 Å². The Morgan fingerprint density at radius 3 is 1.46 bits per heavy atom. The Kier molecular flexibility index (Phi) is 10.8. The van der Waals surface area contributed by atoms with Crippen molar-refractivity contribution < 1.29 is 29.4 Å². The van der Waals surface area contributed by atoms with Crippen molar-refractivity contribution in [2.24, 2.45) is 32.6 Å². The molecule has 5 atom stereocenters. The average Bonchev–Trinajstić information content (AvgIpc) is 3.48. The summed E-state index contributed by atoms with van der Waals surface area (Å²) in [6.45, 7) is 30.7. The highest BCUT2D eigenvalue weighted by Crippen LogP contribution is 2.66. The molecule has 10 heteroatoms. The summed E-state index contributed by atoms with van der Waals surface area (Å²) >= 11 is 0. The first-order valence-corrected chi connectivity index (χ1v) is 18.9. The first-order chi connectivity index (χ1) is 24.4. The average molecular weight is 719 g/mol. The third kappa shape index (κ3) is 5.68. The Hall–Kier alpha value is -4.34. The number of hydrogen-bond donors (Lipinski definition) is 4. The summed E-state index contributed by atoms with van der Waals surface area (Å²) in [6.07, 6.45) is 3.51. The lowest BCUT2D eigenvalue weighted by Gasteiger charge is -2.44. The highest BCUT2D eigenvalue weighted by atomic mass is 16.6. The normalized spacial score (nSPS) is 29.9. The minimum absolute atomic E-state index is 0.0345. The van der Waals surface area contributed by atoms with Crippen LogP contribution >= 0.6 is 0 Å². The molecule has 0 radical (unpaired) electrons. The third-order valence-corrected chi connectivity index (χ3v) is 11.5. The molecule has 7 rings (SSSR count). The maximum Gasteiger partial charge on any atom is 0.170 e. The smallest absolute Gasteiger partial charge is 0.170 e. The van der Waals surface area contributed by atoms with Crippen LogP contribution < -0.4 is 30.4 Å². The van der Waals surface area contributed by atoms with E-state index in [1.54, 1.807) is 6.92 Å². The van der Waals surface area contributed by atoms with E-state index in [-0.39, 0.29) is 40.1 Å². The molecule has 0 saturated carbocycles. The summed E-state index contributed by atoms with van der Waals surface area (Å²) in [7, 11) is 0. The maximum atomic E-state index is 9.83. The standard InChI is InChI=1S/C36H44N4O6.3C2H6/c1-17-14-34(8,30(37)39-41)28-29(35(17,9)31(38)40-42)46-27-13-23-21(11-26(27)45-28)33(6,7)16-36(23)15-32(4,5)20-10-24-25(12-22(20)36)44-19(3)18(2)43-24;3*1-2/h10-14,18-19,41-42H,15-16H2,1-9H3,(H2,37,39)(H2,38,40);3*1-2H3. The van der Waals surface area contributed by atoms with Gasteiger partial charge in [0.25, 0.3) is 0 Å². The molecule has 5 unspecified atom stereocenters. The van der Waals surface area contributed by atoms with Gasteiger partial charge in [0.15, 0.2) is 46.2 Å². The minimum atomic E-state index is -1.15. The van der Waals surface area contributed by atoms with Crippen molar-refractivity contribution in [2.75, 3.05) is 0 Å². The fourth-order valence-electron chi connectivity index (χ4n) is 8.77. The zero-order valence-electron chi connectivity index (χ0n) is 34.0. The number of amidine groups is 2. The number of hydrogen-bond acceptors (Lipinski definition) is 8. The number of fused-ring (bicyclic) bond motifs is 6. The second kappa shape index (κ2) is 13.9. The van der Waals surface area contributed by atoms with E-state index >= 15 is 0 Å². The van der Waals surface area contributed by atoms with Gasteiger partial charge in [0.1, 0.15) is 23.0 Å². The summed E-state index contributed by atoms with van der Waals surface area (Å²) in [4.78, 5) is 0. The van der Waals surface area contributed by atoms with E-state index in [4.69, 9.17) is 30.4 Å². The van der Waals surface area contributed by atoms with Gasteiger partial charge in [-0.1, -0.05) is 91.2 Å². The third-order valence-electron chi connectivity index (χ3n) is 11.5. The lowest BCUT2D eigenvalue weighted by Crippen LogP contribution is -2.49. The number of rotatable bonds is 2. The molecule has 0 saturated heterocycles. The molecule has 52 heavy (non-hydrogen) atoms. The van der Waals surface area contributed by atoms with Crippen molar-refractivity contribution >= 4 is 11.7 Å². The van der Waals surface area contributed by atoms with Crippen molar-refractivity contribution in [3.63, 3.8) is 0 Å². The molecule has 1 spiro atoms. The highest BCUT2D eigenvalue weighted by molar-refractivity contribution is 5.96. The summed E-state index contributed by atoms with van der Waals surface area (Å²) in [5.74, 6) is 3.13. The second-order valence-corrected chi connectivity index (χ2v) is 15.5. The van der Waals surface area contributed by atoms with Gasteiger partial charge < -0.3 is 40.8 Å². The van der Waals surface area contributed by atoms with E-state index in [1.165, 1.54) is 22.3 Å². The molecule has 0 aromatic heterocycles. The zero-order chi connectivity index (χ0) is 39.4. The highest BCUT2D eigenvalue weighted by Gasteiger charge is 2.58. The van der Waals surface area contributed by atoms with Crippen molar-refractivity contribution in [2.45, 2.75) is 145 Å². The van der Waals surface area contributed by atoms with Gasteiger partial charge >= 0.3 is 0 Å². The summed E-state index contributed by atoms with van der Waals surface area (Å²) in [6, 6.07) is 8.58. The van der Waals surface area contributed by atoms with Crippen LogP contribution in [-0.2, 0) is 16.2 Å². The SMILES string of the molecule is CC.CC.CC.CC1=CC(C)(/C(N)=N/O)C2=C(Oc3cc4c(cc3O2)C(C)(C)CC42CC(C)(C)c3cc4c(cc32)OC(C)C(C)O4)C1(C)/C(N)=N/O. The molecule has 0 amide bonds. The van der Waals surface area contributed by atoms with Crippen molar-refractivity contribution in [3.05, 3.63) is 69.7 Å². The summed E-state index contributed by atoms with van der Waals surface area (Å²) < 4.78 is 26.2. The summed E-state index contributed by atoms with van der Waals surface area (Å²) in [5, 5.41) is 26.3. The number of oxime groups is 2.